The molecule has 0 saturated heterocycles. The van der Waals surface area contributed by atoms with Crippen molar-refractivity contribution in [1.82, 2.24) is 14.9 Å². The number of hydrogen-bond acceptors (Lipinski definition) is 3. The van der Waals surface area contributed by atoms with Gasteiger partial charge in [0, 0.05) is 13.7 Å². The number of benzene rings is 1. The highest BCUT2D eigenvalue weighted by molar-refractivity contribution is 5.75. The quantitative estimate of drug-likeness (QED) is 0.802. The van der Waals surface area contributed by atoms with Crippen LogP contribution in [0.15, 0.2) is 24.3 Å². The molecule has 0 bridgehead atoms. The predicted octanol–water partition coefficient (Wildman–Crippen LogP) is 2.07. The second-order valence-electron chi connectivity index (χ2n) is 4.99. The third kappa shape index (κ3) is 3.33. The number of rotatable bonds is 7. The molecular formula is C15H23N3O. The van der Waals surface area contributed by atoms with Gasteiger partial charge in [-0.15, -0.1) is 0 Å². The number of aryl methyl sites for hydroxylation is 1. The summed E-state index contributed by atoms with van der Waals surface area (Å²) in [6.45, 7) is 4.14. The van der Waals surface area contributed by atoms with Crippen molar-refractivity contribution >= 4 is 11.0 Å². The normalized spacial score (nSPS) is 13.0. The zero-order valence-corrected chi connectivity index (χ0v) is 11.8. The van der Waals surface area contributed by atoms with E-state index in [2.05, 4.69) is 34.9 Å². The minimum absolute atomic E-state index is 0.270. The van der Waals surface area contributed by atoms with E-state index in [0.717, 1.165) is 37.3 Å². The molecule has 0 spiro atoms. The summed E-state index contributed by atoms with van der Waals surface area (Å²) in [5, 5.41) is 12.4. The van der Waals surface area contributed by atoms with Gasteiger partial charge in [0.15, 0.2) is 0 Å². The molecule has 0 radical (unpaired) electrons. The average Bonchev–Trinajstić information content (AvgIpc) is 2.75. The van der Waals surface area contributed by atoms with Crippen LogP contribution in [0.2, 0.25) is 0 Å². The summed E-state index contributed by atoms with van der Waals surface area (Å²) in [4.78, 5) is 4.63. The van der Waals surface area contributed by atoms with Gasteiger partial charge in [-0.25, -0.2) is 4.98 Å². The first-order valence-electron chi connectivity index (χ1n) is 6.98. The van der Waals surface area contributed by atoms with Crippen LogP contribution >= 0.6 is 0 Å². The van der Waals surface area contributed by atoms with Gasteiger partial charge in [-0.2, -0.15) is 0 Å². The number of aliphatic hydroxyl groups is 1. The molecule has 0 saturated carbocycles. The highest BCUT2D eigenvalue weighted by Gasteiger charge is 2.08. The van der Waals surface area contributed by atoms with Crippen LogP contribution in [0.3, 0.4) is 0 Å². The summed E-state index contributed by atoms with van der Waals surface area (Å²) in [5.74, 6) is 1.60. The maximum atomic E-state index is 8.98. The molecule has 2 rings (SSSR count). The van der Waals surface area contributed by atoms with Crippen LogP contribution < -0.4 is 5.32 Å². The zero-order chi connectivity index (χ0) is 13.7. The van der Waals surface area contributed by atoms with E-state index >= 15 is 0 Å². The SMILES string of the molecule is CCC(CCO)CNCc1nc2ccccc2n1C. The van der Waals surface area contributed by atoms with Crippen molar-refractivity contribution in [3.8, 4) is 0 Å². The molecule has 19 heavy (non-hydrogen) atoms. The molecule has 0 fully saturated rings. The Hall–Kier alpha value is -1.39. The molecular weight excluding hydrogens is 238 g/mol. The van der Waals surface area contributed by atoms with Gasteiger partial charge < -0.3 is 15.0 Å². The molecule has 1 unspecified atom stereocenters. The van der Waals surface area contributed by atoms with E-state index < -0.39 is 0 Å². The largest absolute Gasteiger partial charge is 0.396 e. The second kappa shape index (κ2) is 6.68. The molecule has 4 nitrogen and oxygen atoms in total. The molecule has 0 aliphatic rings. The molecule has 0 aliphatic heterocycles. The van der Waals surface area contributed by atoms with E-state index in [4.69, 9.17) is 5.11 Å². The van der Waals surface area contributed by atoms with E-state index in [1.54, 1.807) is 0 Å². The van der Waals surface area contributed by atoms with Crippen LogP contribution in [0.5, 0.6) is 0 Å². The van der Waals surface area contributed by atoms with E-state index in [1.165, 1.54) is 5.52 Å². The van der Waals surface area contributed by atoms with E-state index in [-0.39, 0.29) is 6.61 Å². The van der Waals surface area contributed by atoms with E-state index in [1.807, 2.05) is 18.2 Å². The minimum Gasteiger partial charge on any atom is -0.396 e. The number of para-hydroxylation sites is 2. The Labute approximate surface area is 114 Å². The summed E-state index contributed by atoms with van der Waals surface area (Å²) in [6.07, 6.45) is 1.96. The molecule has 104 valence electrons. The fourth-order valence-corrected chi connectivity index (χ4v) is 2.37. The van der Waals surface area contributed by atoms with Gasteiger partial charge in [-0.05, 0) is 31.0 Å². The highest BCUT2D eigenvalue weighted by Crippen LogP contribution is 2.14. The van der Waals surface area contributed by atoms with Gasteiger partial charge in [0.1, 0.15) is 5.82 Å². The first kappa shape index (κ1) is 14.0. The molecule has 2 aromatic rings. The molecule has 1 heterocycles. The topological polar surface area (TPSA) is 50.1 Å². The molecule has 4 heteroatoms. The van der Waals surface area contributed by atoms with Crippen LogP contribution in [-0.4, -0.2) is 27.8 Å². The van der Waals surface area contributed by atoms with Crippen molar-refractivity contribution in [1.29, 1.82) is 0 Å². The van der Waals surface area contributed by atoms with Gasteiger partial charge in [-0.1, -0.05) is 25.5 Å². The maximum absolute atomic E-state index is 8.98. The standard InChI is InChI=1S/C15H23N3O/c1-3-12(8-9-19)10-16-11-15-17-13-6-4-5-7-14(13)18(15)2/h4-7,12,16,19H,3,8-11H2,1-2H3. The third-order valence-electron chi connectivity index (χ3n) is 3.71. The number of nitrogens with zero attached hydrogens (tertiary/aromatic N) is 2. The predicted molar refractivity (Wildman–Crippen MR) is 77.9 cm³/mol. The minimum atomic E-state index is 0.270. The Balaban J connectivity index is 1.96. The van der Waals surface area contributed by atoms with Crippen LogP contribution in [0.4, 0.5) is 0 Å². The highest BCUT2D eigenvalue weighted by atomic mass is 16.3. The first-order valence-corrected chi connectivity index (χ1v) is 6.98. The fraction of sp³-hybridized carbons (Fsp3) is 0.533. The lowest BCUT2D eigenvalue weighted by Gasteiger charge is -2.14. The summed E-state index contributed by atoms with van der Waals surface area (Å²) in [5.41, 5.74) is 2.21. The lowest BCUT2D eigenvalue weighted by Crippen LogP contribution is -2.24. The van der Waals surface area contributed by atoms with E-state index in [9.17, 15) is 0 Å². The number of aromatic nitrogens is 2. The van der Waals surface area contributed by atoms with Crippen molar-refractivity contribution in [2.24, 2.45) is 13.0 Å². The van der Waals surface area contributed by atoms with Crippen molar-refractivity contribution < 1.29 is 5.11 Å². The Morgan fingerprint density at radius 3 is 2.84 bits per heavy atom. The van der Waals surface area contributed by atoms with Crippen LogP contribution in [0.1, 0.15) is 25.6 Å². The van der Waals surface area contributed by atoms with Gasteiger partial charge >= 0.3 is 0 Å². The number of imidazole rings is 1. The Morgan fingerprint density at radius 1 is 1.37 bits per heavy atom. The van der Waals surface area contributed by atoms with Crippen molar-refractivity contribution in [2.75, 3.05) is 13.2 Å². The summed E-state index contributed by atoms with van der Waals surface area (Å²) < 4.78 is 2.13. The molecule has 0 amide bonds. The summed E-state index contributed by atoms with van der Waals surface area (Å²) in [7, 11) is 2.05. The third-order valence-corrected chi connectivity index (χ3v) is 3.71. The molecule has 1 aromatic heterocycles. The van der Waals surface area contributed by atoms with Crippen molar-refractivity contribution in [2.45, 2.75) is 26.3 Å². The van der Waals surface area contributed by atoms with Gasteiger partial charge in [0.2, 0.25) is 0 Å². The molecule has 1 aromatic carbocycles. The second-order valence-corrected chi connectivity index (χ2v) is 4.99. The summed E-state index contributed by atoms with van der Waals surface area (Å²) >= 11 is 0. The number of aliphatic hydroxyl groups excluding tert-OH is 1. The molecule has 0 aliphatic carbocycles. The van der Waals surface area contributed by atoms with Crippen LogP contribution in [0, 0.1) is 5.92 Å². The van der Waals surface area contributed by atoms with Crippen LogP contribution in [-0.2, 0) is 13.6 Å². The molecule has 2 N–H and O–H groups in total. The van der Waals surface area contributed by atoms with E-state index in [0.29, 0.717) is 5.92 Å². The van der Waals surface area contributed by atoms with Crippen LogP contribution in [0.25, 0.3) is 11.0 Å². The molecule has 1 atom stereocenters. The Morgan fingerprint density at radius 2 is 2.16 bits per heavy atom. The smallest absolute Gasteiger partial charge is 0.123 e. The first-order chi connectivity index (χ1) is 9.26. The number of nitrogens with one attached hydrogen (secondary N) is 1. The van der Waals surface area contributed by atoms with Crippen molar-refractivity contribution in [3.63, 3.8) is 0 Å². The number of fused-ring (bicyclic) bond motifs is 1. The monoisotopic (exact) mass is 261 g/mol. The Bertz CT molecular complexity index is 521. The number of hydrogen-bond donors (Lipinski definition) is 2. The van der Waals surface area contributed by atoms with Crippen molar-refractivity contribution in [3.05, 3.63) is 30.1 Å². The maximum Gasteiger partial charge on any atom is 0.123 e. The fourth-order valence-electron chi connectivity index (χ4n) is 2.37. The summed E-state index contributed by atoms with van der Waals surface area (Å²) in [6, 6.07) is 8.18. The Kier molecular flexibility index (Phi) is 4.93. The lowest BCUT2D eigenvalue weighted by atomic mass is 10.0. The van der Waals surface area contributed by atoms with Gasteiger partial charge in [0.25, 0.3) is 0 Å². The zero-order valence-electron chi connectivity index (χ0n) is 11.8. The van der Waals surface area contributed by atoms with Gasteiger partial charge in [0.05, 0.1) is 17.6 Å². The average molecular weight is 261 g/mol. The lowest BCUT2D eigenvalue weighted by molar-refractivity contribution is 0.251. The van der Waals surface area contributed by atoms with Gasteiger partial charge in [-0.3, -0.25) is 0 Å².